The summed E-state index contributed by atoms with van der Waals surface area (Å²) in [5.74, 6) is -0.421. The first-order valence-corrected chi connectivity index (χ1v) is 9.94. The summed E-state index contributed by atoms with van der Waals surface area (Å²) in [6.07, 6.45) is -4.02. The van der Waals surface area contributed by atoms with Crippen molar-refractivity contribution in [1.82, 2.24) is 4.98 Å². The van der Waals surface area contributed by atoms with Gasteiger partial charge in [-0.1, -0.05) is 25.1 Å². The summed E-state index contributed by atoms with van der Waals surface area (Å²) in [4.78, 5) is 28.1. The fourth-order valence-electron chi connectivity index (χ4n) is 2.62. The molecule has 0 aliphatic rings. The average Bonchev–Trinajstić information content (AvgIpc) is 3.16. The second-order valence-electron chi connectivity index (χ2n) is 6.43. The Morgan fingerprint density at radius 3 is 2.23 bits per heavy atom. The zero-order valence-electron chi connectivity index (χ0n) is 15.9. The summed E-state index contributed by atoms with van der Waals surface area (Å²) in [7, 11) is 0. The number of alkyl halides is 3. The fourth-order valence-corrected chi connectivity index (χ4v) is 3.44. The maximum Gasteiger partial charge on any atom is 0.416 e. The number of thiazole rings is 1. The van der Waals surface area contributed by atoms with Gasteiger partial charge in [0.2, 0.25) is 11.8 Å². The number of hydrogen-bond acceptors (Lipinski definition) is 4. The van der Waals surface area contributed by atoms with Gasteiger partial charge in [0.25, 0.3) is 0 Å². The van der Waals surface area contributed by atoms with Crippen LogP contribution in [0.5, 0.6) is 0 Å². The topological polar surface area (TPSA) is 71.1 Å². The van der Waals surface area contributed by atoms with E-state index in [1.165, 1.54) is 23.5 Å². The number of carbonyl (C=O) groups excluding carboxylic acids is 2. The van der Waals surface area contributed by atoms with Gasteiger partial charge in [0.15, 0.2) is 0 Å². The largest absolute Gasteiger partial charge is 0.416 e. The molecule has 156 valence electrons. The van der Waals surface area contributed by atoms with Crippen molar-refractivity contribution in [2.75, 3.05) is 10.6 Å². The Morgan fingerprint density at radius 2 is 1.63 bits per heavy atom. The standard InChI is InChI=1S/C21H18F3N3O2S/c1-2-18(28)25-15-4-3-5-16(10-15)26-19(29)11-17-12-30-20(27-17)13-6-8-14(9-7-13)21(22,23)24/h3-10,12H,2,11H2,1H3,(H,25,28)(H,26,29). The lowest BCUT2D eigenvalue weighted by atomic mass is 10.1. The van der Waals surface area contributed by atoms with Crippen LogP contribution in [0.25, 0.3) is 10.6 Å². The van der Waals surface area contributed by atoms with Gasteiger partial charge in [-0.25, -0.2) is 4.98 Å². The van der Waals surface area contributed by atoms with Crippen molar-refractivity contribution in [1.29, 1.82) is 0 Å². The van der Waals surface area contributed by atoms with Crippen LogP contribution in [0.3, 0.4) is 0 Å². The van der Waals surface area contributed by atoms with E-state index in [0.717, 1.165) is 12.1 Å². The van der Waals surface area contributed by atoms with Crippen molar-refractivity contribution in [3.63, 3.8) is 0 Å². The Balaban J connectivity index is 1.63. The first-order chi connectivity index (χ1) is 14.2. The number of amides is 2. The highest BCUT2D eigenvalue weighted by Crippen LogP contribution is 2.31. The monoisotopic (exact) mass is 433 g/mol. The lowest BCUT2D eigenvalue weighted by Gasteiger charge is -2.08. The van der Waals surface area contributed by atoms with Crippen LogP contribution in [-0.2, 0) is 22.2 Å². The van der Waals surface area contributed by atoms with Gasteiger partial charge in [0.05, 0.1) is 17.7 Å². The molecule has 0 aliphatic carbocycles. The Morgan fingerprint density at radius 1 is 1.00 bits per heavy atom. The van der Waals surface area contributed by atoms with Crippen LogP contribution in [0.15, 0.2) is 53.9 Å². The molecule has 0 saturated carbocycles. The Kier molecular flexibility index (Phi) is 6.51. The highest BCUT2D eigenvalue weighted by Gasteiger charge is 2.30. The fraction of sp³-hybridized carbons (Fsp3) is 0.190. The molecular weight excluding hydrogens is 415 g/mol. The number of carbonyl (C=O) groups is 2. The van der Waals surface area contributed by atoms with Crippen molar-refractivity contribution in [3.05, 3.63) is 65.2 Å². The summed E-state index contributed by atoms with van der Waals surface area (Å²) in [5, 5.41) is 7.70. The molecule has 1 heterocycles. The average molecular weight is 433 g/mol. The van der Waals surface area contributed by atoms with Crippen LogP contribution < -0.4 is 10.6 Å². The van der Waals surface area contributed by atoms with E-state index < -0.39 is 11.7 Å². The maximum atomic E-state index is 12.7. The molecule has 3 rings (SSSR count). The number of nitrogens with one attached hydrogen (secondary N) is 2. The molecule has 2 amide bonds. The van der Waals surface area contributed by atoms with Crippen LogP contribution in [0, 0.1) is 0 Å². The second-order valence-corrected chi connectivity index (χ2v) is 7.28. The molecule has 2 N–H and O–H groups in total. The minimum absolute atomic E-state index is 0.0165. The van der Waals surface area contributed by atoms with Crippen LogP contribution in [-0.4, -0.2) is 16.8 Å². The highest BCUT2D eigenvalue weighted by molar-refractivity contribution is 7.13. The number of rotatable bonds is 6. The molecule has 3 aromatic rings. The maximum absolute atomic E-state index is 12.7. The van der Waals surface area contributed by atoms with Gasteiger partial charge in [-0.2, -0.15) is 13.2 Å². The number of nitrogens with zero attached hydrogens (tertiary/aromatic N) is 1. The SMILES string of the molecule is CCC(=O)Nc1cccc(NC(=O)Cc2csc(-c3ccc(C(F)(F)F)cc3)n2)c1. The predicted molar refractivity (Wildman–Crippen MR) is 110 cm³/mol. The zero-order chi connectivity index (χ0) is 21.7. The predicted octanol–water partition coefficient (Wildman–Crippen LogP) is 5.36. The first kappa shape index (κ1) is 21.5. The summed E-state index contributed by atoms with van der Waals surface area (Å²) in [6, 6.07) is 11.5. The smallest absolute Gasteiger partial charge is 0.326 e. The third-order valence-corrected chi connectivity index (χ3v) is 5.04. The third kappa shape index (κ3) is 5.66. The molecule has 2 aromatic carbocycles. The van der Waals surface area contributed by atoms with Gasteiger partial charge >= 0.3 is 6.18 Å². The van der Waals surface area contributed by atoms with E-state index in [0.29, 0.717) is 34.1 Å². The first-order valence-electron chi connectivity index (χ1n) is 9.06. The second kappa shape index (κ2) is 9.08. The van der Waals surface area contributed by atoms with Crippen LogP contribution >= 0.6 is 11.3 Å². The van der Waals surface area contributed by atoms with Gasteiger partial charge in [-0.15, -0.1) is 11.3 Å². The third-order valence-electron chi connectivity index (χ3n) is 4.10. The van der Waals surface area contributed by atoms with Gasteiger partial charge in [-0.3, -0.25) is 9.59 Å². The van der Waals surface area contributed by atoms with Crippen molar-refractivity contribution in [2.24, 2.45) is 0 Å². The minimum Gasteiger partial charge on any atom is -0.326 e. The lowest BCUT2D eigenvalue weighted by Crippen LogP contribution is -2.15. The summed E-state index contributed by atoms with van der Waals surface area (Å²) < 4.78 is 38.0. The molecular formula is C21H18F3N3O2S. The van der Waals surface area contributed by atoms with E-state index in [-0.39, 0.29) is 18.2 Å². The Labute approximate surface area is 175 Å². The van der Waals surface area contributed by atoms with Gasteiger partial charge in [-0.05, 0) is 30.3 Å². The van der Waals surface area contributed by atoms with E-state index in [9.17, 15) is 22.8 Å². The molecule has 0 bridgehead atoms. The van der Waals surface area contributed by atoms with E-state index >= 15 is 0 Å². The van der Waals surface area contributed by atoms with Crippen LogP contribution in [0.2, 0.25) is 0 Å². The molecule has 0 fully saturated rings. The number of anilines is 2. The van der Waals surface area contributed by atoms with Crippen molar-refractivity contribution in [3.8, 4) is 10.6 Å². The molecule has 0 saturated heterocycles. The molecule has 5 nitrogen and oxygen atoms in total. The highest BCUT2D eigenvalue weighted by atomic mass is 32.1. The molecule has 30 heavy (non-hydrogen) atoms. The molecule has 9 heteroatoms. The summed E-state index contributed by atoms with van der Waals surface area (Å²) in [5.41, 5.74) is 1.46. The van der Waals surface area contributed by atoms with Crippen molar-refractivity contribution >= 4 is 34.5 Å². The number of aromatic nitrogens is 1. The van der Waals surface area contributed by atoms with E-state index in [4.69, 9.17) is 0 Å². The molecule has 1 aromatic heterocycles. The van der Waals surface area contributed by atoms with E-state index in [1.54, 1.807) is 36.6 Å². The molecule has 0 atom stereocenters. The number of benzene rings is 2. The van der Waals surface area contributed by atoms with Gasteiger partial charge in [0, 0.05) is 28.7 Å². The lowest BCUT2D eigenvalue weighted by molar-refractivity contribution is -0.137. The van der Waals surface area contributed by atoms with Gasteiger partial charge in [0.1, 0.15) is 5.01 Å². The quantitative estimate of drug-likeness (QED) is 0.550. The molecule has 0 aliphatic heterocycles. The molecule has 0 radical (unpaired) electrons. The van der Waals surface area contributed by atoms with Gasteiger partial charge < -0.3 is 10.6 Å². The summed E-state index contributed by atoms with van der Waals surface area (Å²) >= 11 is 1.26. The number of halogens is 3. The molecule has 0 unspecified atom stereocenters. The minimum atomic E-state index is -4.39. The van der Waals surface area contributed by atoms with Crippen molar-refractivity contribution in [2.45, 2.75) is 25.9 Å². The van der Waals surface area contributed by atoms with Crippen molar-refractivity contribution < 1.29 is 22.8 Å². The Hall–Kier alpha value is -3.20. The summed E-state index contributed by atoms with van der Waals surface area (Å²) in [6.45, 7) is 1.74. The van der Waals surface area contributed by atoms with E-state index in [2.05, 4.69) is 15.6 Å². The van der Waals surface area contributed by atoms with Crippen LogP contribution in [0.1, 0.15) is 24.6 Å². The Bertz CT molecular complexity index is 1050. The zero-order valence-corrected chi connectivity index (χ0v) is 16.7. The normalized spacial score (nSPS) is 11.2. The molecule has 0 spiro atoms. The number of hydrogen-bond donors (Lipinski definition) is 2. The van der Waals surface area contributed by atoms with Crippen LogP contribution in [0.4, 0.5) is 24.5 Å². The van der Waals surface area contributed by atoms with E-state index in [1.807, 2.05) is 0 Å².